The number of ether oxygens (including phenoxy) is 1. The first-order chi connectivity index (χ1) is 7.28. The highest BCUT2D eigenvalue weighted by Gasteiger charge is 2.29. The van der Waals surface area contributed by atoms with Gasteiger partial charge in [0.15, 0.2) is 0 Å². The molecule has 1 amide bonds. The molecule has 1 N–H and O–H groups in total. The van der Waals surface area contributed by atoms with E-state index in [0.717, 1.165) is 19.4 Å². The average molecular weight is 229 g/mol. The molecule has 1 rings (SSSR count). The smallest absolute Gasteiger partial charge is 0.248 e. The predicted octanol–water partition coefficient (Wildman–Crippen LogP) is 1.03. The molecular weight excluding hydrogens is 206 g/mol. The number of hydrogen-bond donors (Lipinski definition) is 1. The molecule has 94 valence electrons. The Morgan fingerprint density at radius 3 is 2.44 bits per heavy atom. The van der Waals surface area contributed by atoms with Crippen molar-refractivity contribution in [1.82, 2.24) is 4.90 Å². The summed E-state index contributed by atoms with van der Waals surface area (Å²) in [6.45, 7) is 6.66. The van der Waals surface area contributed by atoms with Crippen LogP contribution in [0.15, 0.2) is 0 Å². The summed E-state index contributed by atoms with van der Waals surface area (Å²) in [5, 5.41) is 9.15. The molecule has 0 aliphatic heterocycles. The van der Waals surface area contributed by atoms with Crippen molar-refractivity contribution >= 4 is 5.91 Å². The Kier molecular flexibility index (Phi) is 4.33. The van der Waals surface area contributed by atoms with Crippen molar-refractivity contribution in [2.75, 3.05) is 20.2 Å². The van der Waals surface area contributed by atoms with Gasteiger partial charge in [0, 0.05) is 13.6 Å². The Morgan fingerprint density at radius 2 is 2.00 bits per heavy atom. The molecule has 4 heteroatoms. The zero-order chi connectivity index (χ0) is 12.3. The number of hydrogen-bond acceptors (Lipinski definition) is 3. The van der Waals surface area contributed by atoms with Crippen LogP contribution >= 0.6 is 0 Å². The van der Waals surface area contributed by atoms with Crippen LogP contribution in [-0.4, -0.2) is 47.8 Å². The van der Waals surface area contributed by atoms with Gasteiger partial charge in [-0.25, -0.2) is 0 Å². The molecule has 0 saturated heterocycles. The van der Waals surface area contributed by atoms with Crippen LogP contribution in [0.2, 0.25) is 0 Å². The minimum Gasteiger partial charge on any atom is -0.393 e. The standard InChI is InChI=1S/C12H23NO3/c1-12(2,3)16-8-11(15)13(4)7-9-5-10(14)6-9/h9-10,14H,5-8H2,1-4H3. The third kappa shape index (κ3) is 4.49. The van der Waals surface area contributed by atoms with E-state index in [4.69, 9.17) is 9.84 Å². The van der Waals surface area contributed by atoms with Gasteiger partial charge >= 0.3 is 0 Å². The van der Waals surface area contributed by atoms with E-state index in [1.807, 2.05) is 20.8 Å². The highest BCUT2D eigenvalue weighted by atomic mass is 16.5. The number of rotatable bonds is 4. The van der Waals surface area contributed by atoms with E-state index in [9.17, 15) is 4.79 Å². The molecule has 0 heterocycles. The lowest BCUT2D eigenvalue weighted by atomic mass is 9.82. The molecule has 0 unspecified atom stereocenters. The van der Waals surface area contributed by atoms with Crippen molar-refractivity contribution in [3.05, 3.63) is 0 Å². The quantitative estimate of drug-likeness (QED) is 0.783. The largest absolute Gasteiger partial charge is 0.393 e. The number of aliphatic hydroxyl groups excluding tert-OH is 1. The van der Waals surface area contributed by atoms with Crippen molar-refractivity contribution in [1.29, 1.82) is 0 Å². The molecular formula is C12H23NO3. The fourth-order valence-corrected chi connectivity index (χ4v) is 1.73. The summed E-state index contributed by atoms with van der Waals surface area (Å²) < 4.78 is 5.43. The topological polar surface area (TPSA) is 49.8 Å². The van der Waals surface area contributed by atoms with E-state index >= 15 is 0 Å². The Morgan fingerprint density at radius 1 is 1.44 bits per heavy atom. The van der Waals surface area contributed by atoms with Gasteiger partial charge in [-0.1, -0.05) is 0 Å². The van der Waals surface area contributed by atoms with E-state index in [0.29, 0.717) is 5.92 Å². The maximum absolute atomic E-state index is 11.7. The molecule has 0 radical (unpaired) electrons. The fourth-order valence-electron chi connectivity index (χ4n) is 1.73. The lowest BCUT2D eigenvalue weighted by molar-refractivity contribution is -0.141. The third-order valence-electron chi connectivity index (χ3n) is 2.80. The van der Waals surface area contributed by atoms with Gasteiger partial charge in [-0.15, -0.1) is 0 Å². The molecule has 1 saturated carbocycles. The summed E-state index contributed by atoms with van der Waals surface area (Å²) in [6.07, 6.45) is 1.48. The Hall–Kier alpha value is -0.610. The van der Waals surface area contributed by atoms with Gasteiger partial charge in [0.1, 0.15) is 6.61 Å². The monoisotopic (exact) mass is 229 g/mol. The van der Waals surface area contributed by atoms with Crippen molar-refractivity contribution < 1.29 is 14.6 Å². The highest BCUT2D eigenvalue weighted by molar-refractivity contribution is 5.77. The number of carbonyl (C=O) groups is 1. The summed E-state index contributed by atoms with van der Waals surface area (Å²) in [4.78, 5) is 13.4. The SMILES string of the molecule is CN(CC1CC(O)C1)C(=O)COC(C)(C)C. The van der Waals surface area contributed by atoms with Gasteiger partial charge in [0.05, 0.1) is 11.7 Å². The fraction of sp³-hybridized carbons (Fsp3) is 0.917. The van der Waals surface area contributed by atoms with Gasteiger partial charge < -0.3 is 14.7 Å². The molecule has 0 aromatic carbocycles. The van der Waals surface area contributed by atoms with E-state index in [1.165, 1.54) is 0 Å². The first-order valence-electron chi connectivity index (χ1n) is 5.84. The van der Waals surface area contributed by atoms with Gasteiger partial charge in [-0.2, -0.15) is 0 Å². The van der Waals surface area contributed by atoms with Crippen LogP contribution in [0.3, 0.4) is 0 Å². The summed E-state index contributed by atoms with van der Waals surface area (Å²) in [5.41, 5.74) is -0.275. The van der Waals surface area contributed by atoms with E-state index < -0.39 is 0 Å². The van der Waals surface area contributed by atoms with Crippen molar-refractivity contribution in [3.63, 3.8) is 0 Å². The molecule has 0 aromatic heterocycles. The number of likely N-dealkylation sites (N-methyl/N-ethyl adjacent to an activating group) is 1. The zero-order valence-electron chi connectivity index (χ0n) is 10.7. The Bertz CT molecular complexity index is 241. The molecule has 0 atom stereocenters. The van der Waals surface area contributed by atoms with Crippen LogP contribution in [0.5, 0.6) is 0 Å². The molecule has 4 nitrogen and oxygen atoms in total. The normalized spacial score (nSPS) is 25.1. The third-order valence-corrected chi connectivity index (χ3v) is 2.80. The second kappa shape index (κ2) is 5.15. The van der Waals surface area contributed by atoms with Gasteiger partial charge in [0.25, 0.3) is 0 Å². The number of carbonyl (C=O) groups excluding carboxylic acids is 1. The summed E-state index contributed by atoms with van der Waals surface area (Å²) in [7, 11) is 1.79. The van der Waals surface area contributed by atoms with E-state index in [2.05, 4.69) is 0 Å². The maximum Gasteiger partial charge on any atom is 0.248 e. The lowest BCUT2D eigenvalue weighted by Crippen LogP contribution is -2.41. The van der Waals surface area contributed by atoms with Crippen molar-refractivity contribution in [2.24, 2.45) is 5.92 Å². The van der Waals surface area contributed by atoms with Crippen LogP contribution in [0, 0.1) is 5.92 Å². The van der Waals surface area contributed by atoms with Gasteiger partial charge in [-0.3, -0.25) is 4.79 Å². The maximum atomic E-state index is 11.7. The minimum absolute atomic E-state index is 0.0105. The van der Waals surface area contributed by atoms with Crippen LogP contribution in [0.1, 0.15) is 33.6 Å². The first-order valence-corrected chi connectivity index (χ1v) is 5.84. The zero-order valence-corrected chi connectivity index (χ0v) is 10.7. The summed E-state index contributed by atoms with van der Waals surface area (Å²) >= 11 is 0. The van der Waals surface area contributed by atoms with Crippen LogP contribution in [0.25, 0.3) is 0 Å². The molecule has 1 fully saturated rings. The molecule has 0 aromatic rings. The second-order valence-electron chi connectivity index (χ2n) is 5.67. The number of amides is 1. The van der Waals surface area contributed by atoms with E-state index in [1.54, 1.807) is 11.9 Å². The summed E-state index contributed by atoms with van der Waals surface area (Å²) in [6, 6.07) is 0. The van der Waals surface area contributed by atoms with Gasteiger partial charge in [0.2, 0.25) is 5.91 Å². The lowest BCUT2D eigenvalue weighted by Gasteiger charge is -2.34. The molecule has 0 spiro atoms. The second-order valence-corrected chi connectivity index (χ2v) is 5.67. The van der Waals surface area contributed by atoms with Gasteiger partial charge in [-0.05, 0) is 39.5 Å². The Balaban J connectivity index is 2.20. The first kappa shape index (κ1) is 13.5. The molecule has 1 aliphatic carbocycles. The number of nitrogens with zero attached hydrogens (tertiary/aromatic N) is 1. The Labute approximate surface area is 97.6 Å². The molecule has 16 heavy (non-hydrogen) atoms. The predicted molar refractivity (Wildman–Crippen MR) is 62.1 cm³/mol. The molecule has 1 aliphatic rings. The van der Waals surface area contributed by atoms with Crippen molar-refractivity contribution in [2.45, 2.75) is 45.3 Å². The van der Waals surface area contributed by atoms with Crippen LogP contribution in [0.4, 0.5) is 0 Å². The van der Waals surface area contributed by atoms with Crippen molar-refractivity contribution in [3.8, 4) is 0 Å². The van der Waals surface area contributed by atoms with E-state index in [-0.39, 0.29) is 24.2 Å². The van der Waals surface area contributed by atoms with Crippen LogP contribution < -0.4 is 0 Å². The number of aliphatic hydroxyl groups is 1. The van der Waals surface area contributed by atoms with Crippen LogP contribution in [-0.2, 0) is 9.53 Å². The summed E-state index contributed by atoms with van der Waals surface area (Å²) in [5.74, 6) is 0.468. The minimum atomic E-state index is -0.275. The average Bonchev–Trinajstić information content (AvgIpc) is 2.10. The molecule has 0 bridgehead atoms. The highest BCUT2D eigenvalue weighted by Crippen LogP contribution is 2.27.